The molecule has 6 heteroatoms. The molecule has 0 aliphatic heterocycles. The van der Waals surface area contributed by atoms with Crippen LogP contribution in [0.4, 0.5) is 0 Å². The second-order valence-electron chi connectivity index (χ2n) is 21.3. The molecule has 6 nitrogen and oxygen atoms in total. The van der Waals surface area contributed by atoms with Gasteiger partial charge in [-0.15, -0.1) is 0 Å². The maximum Gasteiger partial charge on any atom is 0.306 e. The van der Waals surface area contributed by atoms with Gasteiger partial charge in [-0.2, -0.15) is 0 Å². The molecule has 0 spiro atoms. The second-order valence-corrected chi connectivity index (χ2v) is 21.3. The third-order valence-corrected chi connectivity index (χ3v) is 14.0. The van der Waals surface area contributed by atoms with Crippen molar-refractivity contribution in [2.75, 3.05) is 13.2 Å². The molecular weight excluding hydrogens is 901 g/mol. The van der Waals surface area contributed by atoms with E-state index in [0.717, 1.165) is 77.0 Å². The Morgan fingerprint density at radius 2 is 0.493 bits per heavy atom. The predicted molar refractivity (Wildman–Crippen MR) is 316 cm³/mol. The SMILES string of the molecule is CCCCCCC/C=C\C/C=C\C/C=C\CCCCCCCCCCCCC(=O)OCC(COC(=O)CCCCCCCCC)OC(=O)CCCCCCCCCCCCC/C=C\C/C=C\CCCCCCC. The standard InChI is InChI=1S/C67H120O6/c1-4-7-10-13-16-18-20-22-24-26-28-30-32-33-35-36-38-40-42-44-46-48-51-54-57-60-66(69)72-63-64(62-71-65(68)59-56-53-50-15-12-9-6-3)73-67(70)61-58-55-52-49-47-45-43-41-39-37-34-31-29-27-25-23-21-19-17-14-11-8-5-2/h20-23,26-29,32-33,64H,4-19,24-25,30-31,34-63H2,1-3H3/b22-20-,23-21-,28-26-,29-27-,33-32-. The Bertz CT molecular complexity index is 1310. The third kappa shape index (κ3) is 59.9. The first-order valence-corrected chi connectivity index (χ1v) is 31.8. The molecule has 0 N–H and O–H groups in total. The van der Waals surface area contributed by atoms with Crippen molar-refractivity contribution in [2.45, 2.75) is 335 Å². The highest BCUT2D eigenvalue weighted by molar-refractivity contribution is 5.71. The zero-order valence-corrected chi connectivity index (χ0v) is 48.7. The van der Waals surface area contributed by atoms with Gasteiger partial charge in [0.2, 0.25) is 0 Å². The molecule has 0 heterocycles. The van der Waals surface area contributed by atoms with E-state index in [9.17, 15) is 14.4 Å². The molecule has 0 aromatic heterocycles. The summed E-state index contributed by atoms with van der Waals surface area (Å²) in [5.41, 5.74) is 0. The molecule has 0 radical (unpaired) electrons. The van der Waals surface area contributed by atoms with Crippen LogP contribution in [0.25, 0.3) is 0 Å². The van der Waals surface area contributed by atoms with Gasteiger partial charge in [-0.1, -0.05) is 281 Å². The van der Waals surface area contributed by atoms with E-state index >= 15 is 0 Å². The quantitative estimate of drug-likeness (QED) is 0.0261. The Kier molecular flexibility index (Phi) is 59.2. The minimum absolute atomic E-state index is 0.0741. The van der Waals surface area contributed by atoms with E-state index in [1.54, 1.807) is 0 Å². The third-order valence-electron chi connectivity index (χ3n) is 14.0. The average molecular weight is 1020 g/mol. The van der Waals surface area contributed by atoms with Crippen molar-refractivity contribution in [3.05, 3.63) is 60.8 Å². The minimum Gasteiger partial charge on any atom is -0.462 e. The van der Waals surface area contributed by atoms with Crippen molar-refractivity contribution in [3.8, 4) is 0 Å². The smallest absolute Gasteiger partial charge is 0.306 e. The zero-order chi connectivity index (χ0) is 52.9. The number of allylic oxidation sites excluding steroid dienone is 10. The van der Waals surface area contributed by atoms with Gasteiger partial charge in [0.05, 0.1) is 0 Å². The van der Waals surface area contributed by atoms with Crippen molar-refractivity contribution in [2.24, 2.45) is 0 Å². The highest BCUT2D eigenvalue weighted by Crippen LogP contribution is 2.16. The number of carbonyl (C=O) groups excluding carboxylic acids is 3. The van der Waals surface area contributed by atoms with Gasteiger partial charge in [0.15, 0.2) is 6.10 Å². The highest BCUT2D eigenvalue weighted by atomic mass is 16.6. The fourth-order valence-corrected chi connectivity index (χ4v) is 9.19. The first kappa shape index (κ1) is 70.1. The summed E-state index contributed by atoms with van der Waals surface area (Å²) >= 11 is 0. The van der Waals surface area contributed by atoms with E-state index in [0.29, 0.717) is 19.3 Å². The molecule has 0 saturated heterocycles. The molecule has 0 fully saturated rings. The lowest BCUT2D eigenvalue weighted by Crippen LogP contribution is -2.30. The number of esters is 3. The Hall–Kier alpha value is -2.89. The van der Waals surface area contributed by atoms with Gasteiger partial charge in [0, 0.05) is 19.3 Å². The van der Waals surface area contributed by atoms with Crippen LogP contribution in [0.3, 0.4) is 0 Å². The maximum absolute atomic E-state index is 12.9. The minimum atomic E-state index is -0.774. The Morgan fingerprint density at radius 3 is 0.767 bits per heavy atom. The van der Waals surface area contributed by atoms with Gasteiger partial charge < -0.3 is 14.2 Å². The zero-order valence-electron chi connectivity index (χ0n) is 48.7. The second kappa shape index (κ2) is 61.7. The maximum atomic E-state index is 12.9. The molecule has 424 valence electrons. The largest absolute Gasteiger partial charge is 0.462 e. The topological polar surface area (TPSA) is 78.9 Å². The van der Waals surface area contributed by atoms with Crippen LogP contribution in [0.2, 0.25) is 0 Å². The first-order valence-electron chi connectivity index (χ1n) is 31.8. The molecular formula is C67H120O6. The number of hydrogen-bond donors (Lipinski definition) is 0. The molecule has 0 bridgehead atoms. The Balaban J connectivity index is 4.14. The van der Waals surface area contributed by atoms with Crippen LogP contribution in [0, 0.1) is 0 Å². The lowest BCUT2D eigenvalue weighted by Gasteiger charge is -2.18. The lowest BCUT2D eigenvalue weighted by molar-refractivity contribution is -0.167. The molecule has 0 aromatic rings. The normalized spacial score (nSPS) is 12.4. The van der Waals surface area contributed by atoms with Crippen LogP contribution in [0.15, 0.2) is 60.8 Å². The van der Waals surface area contributed by atoms with Gasteiger partial charge in [0.25, 0.3) is 0 Å². The molecule has 0 saturated carbocycles. The molecule has 0 aliphatic rings. The summed E-state index contributed by atoms with van der Waals surface area (Å²) in [6.07, 6.45) is 78.2. The van der Waals surface area contributed by atoms with Crippen molar-refractivity contribution in [1.82, 2.24) is 0 Å². The summed E-state index contributed by atoms with van der Waals surface area (Å²) in [7, 11) is 0. The summed E-state index contributed by atoms with van der Waals surface area (Å²) in [6, 6.07) is 0. The fourth-order valence-electron chi connectivity index (χ4n) is 9.19. The van der Waals surface area contributed by atoms with Crippen LogP contribution in [-0.2, 0) is 28.6 Å². The highest BCUT2D eigenvalue weighted by Gasteiger charge is 2.19. The van der Waals surface area contributed by atoms with Gasteiger partial charge in [-0.25, -0.2) is 0 Å². The van der Waals surface area contributed by atoms with Gasteiger partial charge in [-0.3, -0.25) is 14.4 Å². The monoisotopic (exact) mass is 1020 g/mol. The summed E-state index contributed by atoms with van der Waals surface area (Å²) in [4.78, 5) is 38.1. The summed E-state index contributed by atoms with van der Waals surface area (Å²) in [6.45, 7) is 6.61. The number of rotatable bonds is 58. The molecule has 0 rings (SSSR count). The Labute approximate surface area is 453 Å². The first-order chi connectivity index (χ1) is 36.0. The number of ether oxygens (including phenoxy) is 3. The molecule has 0 amide bonds. The predicted octanol–water partition coefficient (Wildman–Crippen LogP) is 21.6. The van der Waals surface area contributed by atoms with Crippen molar-refractivity contribution >= 4 is 17.9 Å². The lowest BCUT2D eigenvalue weighted by atomic mass is 10.0. The van der Waals surface area contributed by atoms with Crippen molar-refractivity contribution < 1.29 is 28.6 Å². The van der Waals surface area contributed by atoms with Crippen LogP contribution in [-0.4, -0.2) is 37.2 Å². The molecule has 0 aromatic carbocycles. The average Bonchev–Trinajstić information content (AvgIpc) is 3.39. The molecule has 1 atom stereocenters. The van der Waals surface area contributed by atoms with Crippen LogP contribution >= 0.6 is 0 Å². The number of hydrogen-bond acceptors (Lipinski definition) is 6. The number of unbranched alkanes of at least 4 members (excludes halogenated alkanes) is 37. The number of carbonyl (C=O) groups is 3. The van der Waals surface area contributed by atoms with Gasteiger partial charge >= 0.3 is 17.9 Å². The molecule has 0 aliphatic carbocycles. The van der Waals surface area contributed by atoms with Crippen LogP contribution in [0.1, 0.15) is 329 Å². The van der Waals surface area contributed by atoms with Gasteiger partial charge in [-0.05, 0) is 89.9 Å². The van der Waals surface area contributed by atoms with E-state index in [1.165, 1.54) is 212 Å². The fraction of sp³-hybridized carbons (Fsp3) is 0.806. The van der Waals surface area contributed by atoms with Crippen molar-refractivity contribution in [1.29, 1.82) is 0 Å². The van der Waals surface area contributed by atoms with E-state index in [1.807, 2.05) is 0 Å². The van der Waals surface area contributed by atoms with Crippen molar-refractivity contribution in [3.63, 3.8) is 0 Å². The summed E-state index contributed by atoms with van der Waals surface area (Å²) in [5.74, 6) is -0.873. The van der Waals surface area contributed by atoms with E-state index in [2.05, 4.69) is 81.5 Å². The van der Waals surface area contributed by atoms with Crippen LogP contribution in [0.5, 0.6) is 0 Å². The molecule has 73 heavy (non-hydrogen) atoms. The van der Waals surface area contributed by atoms with E-state index in [4.69, 9.17) is 14.2 Å². The summed E-state index contributed by atoms with van der Waals surface area (Å²) in [5, 5.41) is 0. The Morgan fingerprint density at radius 1 is 0.274 bits per heavy atom. The molecule has 1 unspecified atom stereocenters. The summed E-state index contributed by atoms with van der Waals surface area (Å²) < 4.78 is 16.8. The van der Waals surface area contributed by atoms with Gasteiger partial charge in [0.1, 0.15) is 13.2 Å². The van der Waals surface area contributed by atoms with E-state index < -0.39 is 6.10 Å². The van der Waals surface area contributed by atoms with E-state index in [-0.39, 0.29) is 31.1 Å². The van der Waals surface area contributed by atoms with Crippen LogP contribution < -0.4 is 0 Å².